The van der Waals surface area contributed by atoms with Crippen molar-refractivity contribution in [3.63, 3.8) is 0 Å². The molecule has 2 saturated carbocycles. The van der Waals surface area contributed by atoms with Gasteiger partial charge in [-0.3, -0.25) is 0 Å². The van der Waals surface area contributed by atoms with Crippen molar-refractivity contribution in [3.8, 4) is 0 Å². The Morgan fingerprint density at radius 2 is 1.69 bits per heavy atom. The number of aliphatic hydroxyl groups excluding tert-OH is 3. The van der Waals surface area contributed by atoms with Gasteiger partial charge in [0.2, 0.25) is 0 Å². The molecule has 0 aromatic carbocycles. The predicted molar refractivity (Wildman–Crippen MR) is 48.1 cm³/mol. The van der Waals surface area contributed by atoms with Crippen LogP contribution in [0.2, 0.25) is 0 Å². The van der Waals surface area contributed by atoms with Gasteiger partial charge in [-0.2, -0.15) is 0 Å². The smallest absolute Gasteiger partial charge is 0.0625 e. The van der Waals surface area contributed by atoms with Crippen LogP contribution in [0.25, 0.3) is 0 Å². The van der Waals surface area contributed by atoms with Crippen molar-refractivity contribution >= 4 is 0 Å². The van der Waals surface area contributed by atoms with Gasteiger partial charge in [0.1, 0.15) is 0 Å². The third kappa shape index (κ3) is 1.14. The molecule has 0 radical (unpaired) electrons. The summed E-state index contributed by atoms with van der Waals surface area (Å²) in [6.45, 7) is 0.105. The lowest BCUT2D eigenvalue weighted by atomic mass is 9.73. The predicted octanol–water partition coefficient (Wildman–Crippen LogP) is 0.281. The van der Waals surface area contributed by atoms with Gasteiger partial charge in [-0.1, -0.05) is 6.42 Å². The summed E-state index contributed by atoms with van der Waals surface area (Å²) >= 11 is 0. The highest BCUT2D eigenvalue weighted by molar-refractivity contribution is 5.05. The molecule has 0 amide bonds. The molecule has 0 heterocycles. The second-order valence-electron chi connectivity index (χ2n) is 4.49. The van der Waals surface area contributed by atoms with Crippen molar-refractivity contribution in [2.45, 2.75) is 44.3 Å². The monoisotopic (exact) mass is 186 g/mol. The summed E-state index contributed by atoms with van der Waals surface area (Å²) in [7, 11) is 0. The summed E-state index contributed by atoms with van der Waals surface area (Å²) in [6, 6.07) is 0. The normalized spacial score (nSPS) is 50.5. The van der Waals surface area contributed by atoms with Crippen LogP contribution in [0, 0.1) is 11.3 Å². The van der Waals surface area contributed by atoms with E-state index in [-0.39, 0.29) is 17.9 Å². The molecule has 0 bridgehead atoms. The Morgan fingerprint density at radius 1 is 1.08 bits per heavy atom. The lowest BCUT2D eigenvalue weighted by Crippen LogP contribution is -2.43. The zero-order chi connectivity index (χ0) is 9.47. The van der Waals surface area contributed by atoms with Crippen LogP contribution in [-0.4, -0.2) is 34.1 Å². The first-order chi connectivity index (χ1) is 6.21. The summed E-state index contributed by atoms with van der Waals surface area (Å²) in [5, 5.41) is 29.0. The van der Waals surface area contributed by atoms with Gasteiger partial charge in [0, 0.05) is 12.0 Å². The number of hydrogen-bond donors (Lipinski definition) is 3. The standard InChI is InChI=1S/C10H18O3/c11-6-7-2-1-5-10(7)8(12)3-4-9(10)13/h7-9,11-13H,1-6H2. The molecule has 0 aromatic heterocycles. The Bertz CT molecular complexity index is 183. The summed E-state index contributed by atoms with van der Waals surface area (Å²) in [5.41, 5.74) is -0.366. The zero-order valence-electron chi connectivity index (χ0n) is 7.82. The Kier molecular flexibility index (Phi) is 2.34. The molecule has 2 rings (SSSR count). The van der Waals surface area contributed by atoms with Crippen LogP contribution in [0.4, 0.5) is 0 Å². The molecule has 0 aromatic rings. The fourth-order valence-electron chi connectivity index (χ4n) is 3.34. The van der Waals surface area contributed by atoms with E-state index in [0.717, 1.165) is 19.3 Å². The quantitative estimate of drug-likeness (QED) is 0.551. The lowest BCUT2D eigenvalue weighted by molar-refractivity contribution is -0.0636. The zero-order valence-corrected chi connectivity index (χ0v) is 7.82. The molecule has 3 N–H and O–H groups in total. The van der Waals surface area contributed by atoms with E-state index in [9.17, 15) is 15.3 Å². The van der Waals surface area contributed by atoms with Gasteiger partial charge in [0.15, 0.2) is 0 Å². The second-order valence-corrected chi connectivity index (χ2v) is 4.49. The highest BCUT2D eigenvalue weighted by atomic mass is 16.3. The highest BCUT2D eigenvalue weighted by Crippen LogP contribution is 2.54. The molecule has 1 spiro atoms. The molecule has 3 nitrogen and oxygen atoms in total. The van der Waals surface area contributed by atoms with Crippen LogP contribution < -0.4 is 0 Å². The Balaban J connectivity index is 2.25. The van der Waals surface area contributed by atoms with E-state index >= 15 is 0 Å². The van der Waals surface area contributed by atoms with Crippen LogP contribution in [0.15, 0.2) is 0 Å². The third-order valence-corrected chi connectivity index (χ3v) is 4.10. The maximum absolute atomic E-state index is 9.88. The molecular weight excluding hydrogens is 168 g/mol. The summed E-state index contributed by atoms with van der Waals surface area (Å²) in [4.78, 5) is 0. The topological polar surface area (TPSA) is 60.7 Å². The van der Waals surface area contributed by atoms with Gasteiger partial charge in [0.05, 0.1) is 12.2 Å². The van der Waals surface area contributed by atoms with Crippen LogP contribution >= 0.6 is 0 Å². The maximum Gasteiger partial charge on any atom is 0.0625 e. The van der Waals surface area contributed by atoms with Crippen molar-refractivity contribution < 1.29 is 15.3 Å². The van der Waals surface area contributed by atoms with Crippen LogP contribution in [0.1, 0.15) is 32.1 Å². The Hall–Kier alpha value is -0.120. The van der Waals surface area contributed by atoms with E-state index in [4.69, 9.17) is 0 Å². The molecule has 3 atom stereocenters. The first kappa shape index (κ1) is 9.44. The third-order valence-electron chi connectivity index (χ3n) is 4.10. The van der Waals surface area contributed by atoms with Gasteiger partial charge in [0.25, 0.3) is 0 Å². The minimum absolute atomic E-state index is 0.105. The van der Waals surface area contributed by atoms with Crippen molar-refractivity contribution in [2.24, 2.45) is 11.3 Å². The molecule has 0 aliphatic heterocycles. The van der Waals surface area contributed by atoms with Gasteiger partial charge < -0.3 is 15.3 Å². The summed E-state index contributed by atoms with van der Waals surface area (Å²) < 4.78 is 0. The fourth-order valence-corrected chi connectivity index (χ4v) is 3.34. The minimum Gasteiger partial charge on any atom is -0.396 e. The van der Waals surface area contributed by atoms with Crippen molar-refractivity contribution in [1.82, 2.24) is 0 Å². The molecule has 3 heteroatoms. The summed E-state index contributed by atoms with van der Waals surface area (Å²) in [5.74, 6) is 0.111. The molecule has 76 valence electrons. The number of rotatable bonds is 1. The van der Waals surface area contributed by atoms with Crippen LogP contribution in [-0.2, 0) is 0 Å². The molecule has 0 saturated heterocycles. The van der Waals surface area contributed by atoms with Crippen LogP contribution in [0.5, 0.6) is 0 Å². The van der Waals surface area contributed by atoms with Gasteiger partial charge in [-0.15, -0.1) is 0 Å². The fraction of sp³-hybridized carbons (Fsp3) is 1.00. The van der Waals surface area contributed by atoms with E-state index in [1.54, 1.807) is 0 Å². The van der Waals surface area contributed by atoms with Gasteiger partial charge in [-0.25, -0.2) is 0 Å². The first-order valence-corrected chi connectivity index (χ1v) is 5.19. The van der Waals surface area contributed by atoms with E-state index in [2.05, 4.69) is 0 Å². The lowest BCUT2D eigenvalue weighted by Gasteiger charge is -2.36. The van der Waals surface area contributed by atoms with Crippen molar-refractivity contribution in [1.29, 1.82) is 0 Å². The average Bonchev–Trinajstić information content (AvgIpc) is 2.67. The van der Waals surface area contributed by atoms with E-state index in [1.807, 2.05) is 0 Å². The minimum atomic E-state index is -0.401. The van der Waals surface area contributed by atoms with Crippen molar-refractivity contribution in [3.05, 3.63) is 0 Å². The van der Waals surface area contributed by atoms with E-state index in [1.165, 1.54) is 0 Å². The largest absolute Gasteiger partial charge is 0.396 e. The van der Waals surface area contributed by atoms with Gasteiger partial charge >= 0.3 is 0 Å². The first-order valence-electron chi connectivity index (χ1n) is 5.19. The molecule has 2 aliphatic carbocycles. The average molecular weight is 186 g/mol. The SMILES string of the molecule is OCC1CCCC12C(O)CCC2O. The molecule has 13 heavy (non-hydrogen) atoms. The highest BCUT2D eigenvalue weighted by Gasteiger charge is 2.55. The Morgan fingerprint density at radius 3 is 2.23 bits per heavy atom. The van der Waals surface area contributed by atoms with E-state index in [0.29, 0.717) is 12.8 Å². The second kappa shape index (κ2) is 3.23. The van der Waals surface area contributed by atoms with Crippen LogP contribution in [0.3, 0.4) is 0 Å². The maximum atomic E-state index is 9.88. The molecule has 2 fully saturated rings. The molecule has 2 aliphatic rings. The summed E-state index contributed by atoms with van der Waals surface area (Å²) in [6.07, 6.45) is 3.43. The van der Waals surface area contributed by atoms with Crippen molar-refractivity contribution in [2.75, 3.05) is 6.61 Å². The number of hydrogen-bond acceptors (Lipinski definition) is 3. The van der Waals surface area contributed by atoms with E-state index < -0.39 is 12.2 Å². The van der Waals surface area contributed by atoms with Gasteiger partial charge in [-0.05, 0) is 31.6 Å². The molecular formula is C10H18O3. The Labute approximate surface area is 78.4 Å². The molecule has 3 unspecified atom stereocenters. The number of aliphatic hydroxyl groups is 3.